The number of benzene rings is 12. The van der Waals surface area contributed by atoms with E-state index in [1.165, 1.54) is 0 Å². The molecule has 126 heavy (non-hydrogen) atoms. The van der Waals surface area contributed by atoms with Crippen molar-refractivity contribution in [2.45, 2.75) is 41.5 Å². The third-order valence-corrected chi connectivity index (χ3v) is 19.1. The van der Waals surface area contributed by atoms with Gasteiger partial charge in [0, 0.05) is 69.8 Å². The van der Waals surface area contributed by atoms with Crippen molar-refractivity contribution in [3.05, 3.63) is 361 Å². The Kier molecular flexibility index (Phi) is 21.9. The van der Waals surface area contributed by atoms with Crippen molar-refractivity contribution in [1.29, 1.82) is 0 Å². The van der Waals surface area contributed by atoms with E-state index >= 15 is 0 Å². The lowest BCUT2D eigenvalue weighted by Crippen LogP contribution is -2.00. The van der Waals surface area contributed by atoms with Gasteiger partial charge in [-0.25, -0.2) is 0 Å². The molecule has 612 valence electrons. The number of hydrogen-bond acceptors (Lipinski definition) is 24. The highest BCUT2D eigenvalue weighted by molar-refractivity contribution is 5.64. The summed E-state index contributed by atoms with van der Waals surface area (Å²) >= 11 is 0. The second-order valence-electron chi connectivity index (χ2n) is 29.5. The molecule has 24 bridgehead atoms. The highest BCUT2D eigenvalue weighted by Crippen LogP contribution is 2.43. The van der Waals surface area contributed by atoms with Crippen LogP contribution in [-0.4, -0.2) is 59.8 Å². The van der Waals surface area contributed by atoms with Crippen molar-refractivity contribution in [3.63, 3.8) is 0 Å². The molecule has 12 aromatic carbocycles. The third-order valence-electron chi connectivity index (χ3n) is 19.1. The smallest absolute Gasteiger partial charge is 0.226 e. The first-order valence-corrected chi connectivity index (χ1v) is 40.1. The van der Waals surface area contributed by atoms with E-state index in [1.54, 1.807) is 72.8 Å². The van der Waals surface area contributed by atoms with Gasteiger partial charge < -0.3 is 56.8 Å². The Morgan fingerprint density at radius 1 is 0.127 bits per heavy atom. The molecule has 0 amide bonds. The summed E-state index contributed by atoms with van der Waals surface area (Å²) in [6.07, 6.45) is 0. The number of aryl methyl sites for hydroxylation is 6. The monoisotopic (exact) mass is 1660 g/mol. The molecule has 0 fully saturated rings. The Balaban J connectivity index is 0.697. The highest BCUT2D eigenvalue weighted by atomic mass is 16.5. The minimum atomic E-state index is 0.169. The SMILES string of the molecule is Cc1cc2cc(c1)Oc1cc(nc(-c3ccccc3)n1)Oc1cc(C)cc(c1)Oc1cc(nc(-c3ccccc3)n1)Oc1cc(C)cc(c1)Oc1cc(nc(-c3ccccc3)n1)Oc1cc(C)cc(c1)Oc1cc(nc(-c3ccccc3)n1)Oc1cc(C)cc(c1)Oc1cc(nc(-c3ccccc3)n1)Oc1cc(C)cc(c1)Oc1cc(nc(-c3ccccc3)n1)O2. The molecule has 6 aromatic heterocycles. The minimum absolute atomic E-state index is 0.169. The lowest BCUT2D eigenvalue weighted by molar-refractivity contribution is 0.418. The lowest BCUT2D eigenvalue weighted by Gasteiger charge is -2.15. The van der Waals surface area contributed by atoms with Gasteiger partial charge in [-0.15, -0.1) is 0 Å². The molecule has 24 nitrogen and oxygen atoms in total. The largest absolute Gasteiger partial charge is 0.439 e. The van der Waals surface area contributed by atoms with Gasteiger partial charge in [0.15, 0.2) is 34.9 Å². The Bertz CT molecular complexity index is 5730. The average molecular weight is 1660 g/mol. The maximum atomic E-state index is 6.68. The molecule has 7 heterocycles. The molecule has 0 spiro atoms. The number of nitrogens with zero attached hydrogens (tertiary/aromatic N) is 12. The van der Waals surface area contributed by atoms with Gasteiger partial charge in [-0.3, -0.25) is 0 Å². The maximum absolute atomic E-state index is 6.68. The van der Waals surface area contributed by atoms with E-state index in [9.17, 15) is 0 Å². The normalized spacial score (nSPS) is 11.9. The van der Waals surface area contributed by atoms with E-state index in [4.69, 9.17) is 117 Å². The number of fused-ring (bicyclic) bond motifs is 24. The predicted octanol–water partition coefficient (Wildman–Crippen LogP) is 26.1. The fourth-order valence-electron chi connectivity index (χ4n) is 13.8. The molecule has 0 radical (unpaired) electrons. The van der Waals surface area contributed by atoms with E-state index in [0.717, 1.165) is 33.4 Å². The molecular formula is C102H72N12O12. The zero-order chi connectivity index (χ0) is 85.4. The molecule has 0 unspecified atom stereocenters. The molecule has 0 saturated heterocycles. The van der Waals surface area contributed by atoms with E-state index in [0.29, 0.717) is 137 Å². The standard InChI is InChI=1S/C102H72N12O12/c1-61-37-73-49-74(38-61)116-86-56-88(106-98(104-86)68-27-15-8-16-28-68)118-76-40-63(3)42-78(51-76)120-90-58-92(110-100(108-90)70-31-19-10-20-32-70)122-80-44-65(5)46-82(53-80)124-94-60-96(114-102(112-94)72-35-23-12-24-36-72)126-84-48-66(6)47-83(54-84)125-95-59-93(111-101(113-95)71-33-21-11-22-34-71)123-81-45-64(4)43-79(52-81)121-91-57-89(107-99(109-91)69-29-17-9-18-30-69)119-77-41-62(2)39-75(50-77)117-87-55-85(115-73)103-97(105-87)67-25-13-7-14-26-67/h7-60H,1-6H3. The first-order chi connectivity index (χ1) is 61.6. The van der Waals surface area contributed by atoms with Crippen molar-refractivity contribution < 1.29 is 56.8 Å². The van der Waals surface area contributed by atoms with Crippen LogP contribution in [0.5, 0.6) is 140 Å². The zero-order valence-corrected chi connectivity index (χ0v) is 68.4. The summed E-state index contributed by atoms with van der Waals surface area (Å²) in [6.45, 7) is 11.6. The topological polar surface area (TPSA) is 265 Å². The van der Waals surface area contributed by atoms with Gasteiger partial charge in [-0.2, -0.15) is 59.8 Å². The van der Waals surface area contributed by atoms with Crippen LogP contribution in [-0.2, 0) is 0 Å². The van der Waals surface area contributed by atoms with Gasteiger partial charge in [0.1, 0.15) is 69.0 Å². The summed E-state index contributed by atoms with van der Waals surface area (Å²) in [7, 11) is 0. The molecule has 0 aliphatic carbocycles. The Labute approximate surface area is 723 Å². The molecule has 1 aliphatic heterocycles. The van der Waals surface area contributed by atoms with Gasteiger partial charge in [0.2, 0.25) is 70.6 Å². The van der Waals surface area contributed by atoms with Gasteiger partial charge in [-0.1, -0.05) is 182 Å². The van der Waals surface area contributed by atoms with Crippen LogP contribution >= 0.6 is 0 Å². The summed E-state index contributed by atoms with van der Waals surface area (Å²) in [6, 6.07) is 99.6. The van der Waals surface area contributed by atoms with Gasteiger partial charge in [0.05, 0.1) is 36.4 Å². The van der Waals surface area contributed by atoms with E-state index < -0.39 is 0 Å². The number of aromatic nitrogens is 12. The molecule has 18 aromatic rings. The van der Waals surface area contributed by atoms with Gasteiger partial charge in [-0.05, 0) is 148 Å². The quantitative estimate of drug-likeness (QED) is 0.150. The molecule has 0 N–H and O–H groups in total. The first kappa shape index (κ1) is 78.6. The zero-order valence-electron chi connectivity index (χ0n) is 68.4. The number of rotatable bonds is 6. The van der Waals surface area contributed by atoms with Crippen LogP contribution in [0.4, 0.5) is 0 Å². The van der Waals surface area contributed by atoms with Crippen molar-refractivity contribution >= 4 is 0 Å². The van der Waals surface area contributed by atoms with Crippen molar-refractivity contribution in [2.75, 3.05) is 0 Å². The summed E-state index contributed by atoms with van der Waals surface area (Å²) < 4.78 is 80.2. The van der Waals surface area contributed by atoms with Crippen LogP contribution in [0.25, 0.3) is 68.3 Å². The summed E-state index contributed by atoms with van der Waals surface area (Å²) in [5.41, 5.74) is 9.05. The fraction of sp³-hybridized carbons (Fsp3) is 0.0588. The Morgan fingerprint density at radius 3 is 0.333 bits per heavy atom. The Morgan fingerprint density at radius 2 is 0.230 bits per heavy atom. The second kappa shape index (κ2) is 35.2. The molecule has 24 heteroatoms. The molecule has 1 aliphatic rings. The predicted molar refractivity (Wildman–Crippen MR) is 473 cm³/mol. The minimum Gasteiger partial charge on any atom is -0.439 e. The van der Waals surface area contributed by atoms with E-state index in [1.807, 2.05) is 296 Å². The van der Waals surface area contributed by atoms with Crippen molar-refractivity contribution in [2.24, 2.45) is 0 Å². The summed E-state index contributed by atoms with van der Waals surface area (Å²) in [5.74, 6) is 8.65. The van der Waals surface area contributed by atoms with Gasteiger partial charge in [0.25, 0.3) is 0 Å². The summed E-state index contributed by atoms with van der Waals surface area (Å²) in [5, 5.41) is 0. The molecule has 19 rings (SSSR count). The Hall–Kier alpha value is -17.3. The van der Waals surface area contributed by atoms with Crippen molar-refractivity contribution in [3.8, 4) is 208 Å². The second-order valence-corrected chi connectivity index (χ2v) is 29.5. The fourth-order valence-corrected chi connectivity index (χ4v) is 13.8. The first-order valence-electron chi connectivity index (χ1n) is 40.1. The van der Waals surface area contributed by atoms with Crippen LogP contribution in [0.15, 0.2) is 328 Å². The number of ether oxygens (including phenoxy) is 12. The maximum Gasteiger partial charge on any atom is 0.226 e. The van der Waals surface area contributed by atoms with Crippen LogP contribution in [0.3, 0.4) is 0 Å². The summed E-state index contributed by atoms with van der Waals surface area (Å²) in [4.78, 5) is 58.9. The van der Waals surface area contributed by atoms with Crippen molar-refractivity contribution in [1.82, 2.24) is 59.8 Å². The highest BCUT2D eigenvalue weighted by Gasteiger charge is 2.23. The van der Waals surface area contributed by atoms with Crippen LogP contribution < -0.4 is 56.8 Å². The molecule has 0 atom stereocenters. The number of hydrogen-bond donors (Lipinski definition) is 0. The molecular weight excluding hydrogens is 1590 g/mol. The lowest BCUT2D eigenvalue weighted by atomic mass is 10.2. The van der Waals surface area contributed by atoms with E-state index in [2.05, 4.69) is 0 Å². The average Bonchev–Trinajstić information content (AvgIpc) is 0.818. The van der Waals surface area contributed by atoms with Crippen LogP contribution in [0.2, 0.25) is 0 Å². The van der Waals surface area contributed by atoms with E-state index in [-0.39, 0.29) is 70.6 Å². The van der Waals surface area contributed by atoms with Crippen LogP contribution in [0.1, 0.15) is 33.4 Å². The molecule has 0 saturated carbocycles. The third kappa shape index (κ3) is 19.6. The van der Waals surface area contributed by atoms with Crippen LogP contribution in [0, 0.1) is 41.5 Å². The van der Waals surface area contributed by atoms with Gasteiger partial charge >= 0.3 is 0 Å².